The molecule has 0 bridgehead atoms. The van der Waals surface area contributed by atoms with E-state index in [0.29, 0.717) is 18.7 Å². The lowest BCUT2D eigenvalue weighted by atomic mass is 10.2. The molecule has 0 saturated carbocycles. The fourth-order valence-electron chi connectivity index (χ4n) is 0.846. The first kappa shape index (κ1) is 9.76. The van der Waals surface area contributed by atoms with E-state index in [-0.39, 0.29) is 12.1 Å². The van der Waals surface area contributed by atoms with Crippen molar-refractivity contribution in [2.24, 2.45) is 5.16 Å². The van der Waals surface area contributed by atoms with E-state index in [9.17, 15) is 4.79 Å². The van der Waals surface area contributed by atoms with Crippen LogP contribution in [-0.2, 0) is 14.4 Å². The van der Waals surface area contributed by atoms with Crippen molar-refractivity contribution < 1.29 is 14.4 Å². The van der Waals surface area contributed by atoms with Crippen LogP contribution >= 0.6 is 22.6 Å². The van der Waals surface area contributed by atoms with E-state index >= 15 is 0 Å². The first-order valence-corrected chi connectivity index (χ1v) is 5.26. The lowest BCUT2D eigenvalue weighted by Gasteiger charge is -2.00. The summed E-state index contributed by atoms with van der Waals surface area (Å²) in [6.45, 7) is 2.15. The highest BCUT2D eigenvalue weighted by Crippen LogP contribution is 2.13. The van der Waals surface area contributed by atoms with Gasteiger partial charge in [-0.2, -0.15) is 0 Å². The highest BCUT2D eigenvalue weighted by molar-refractivity contribution is 14.1. The molecule has 0 radical (unpaired) electrons. The van der Waals surface area contributed by atoms with Crippen molar-refractivity contribution in [3.05, 3.63) is 0 Å². The van der Waals surface area contributed by atoms with E-state index < -0.39 is 0 Å². The van der Waals surface area contributed by atoms with Gasteiger partial charge in [0.05, 0.1) is 6.61 Å². The smallest absolute Gasteiger partial charge is 0.356 e. The van der Waals surface area contributed by atoms with Gasteiger partial charge in [-0.3, -0.25) is 0 Å². The average molecular weight is 283 g/mol. The topological polar surface area (TPSA) is 47.9 Å². The number of hydrogen-bond acceptors (Lipinski definition) is 4. The summed E-state index contributed by atoms with van der Waals surface area (Å²) < 4.78 is 5.60. The number of esters is 1. The van der Waals surface area contributed by atoms with Crippen LogP contribution in [0.15, 0.2) is 5.16 Å². The number of carbonyl (C=O) groups is 1. The van der Waals surface area contributed by atoms with Crippen molar-refractivity contribution in [3.8, 4) is 0 Å². The first-order valence-electron chi connectivity index (χ1n) is 3.73. The Morgan fingerprint density at radius 3 is 3.17 bits per heavy atom. The number of halogens is 1. The summed E-state index contributed by atoms with van der Waals surface area (Å²) in [5.74, 6) is -0.357. The molecule has 1 aliphatic rings. The third kappa shape index (κ3) is 2.33. The predicted octanol–water partition coefficient (Wildman–Crippen LogP) is 1.13. The van der Waals surface area contributed by atoms with Gasteiger partial charge in [-0.05, 0) is 6.92 Å². The van der Waals surface area contributed by atoms with Gasteiger partial charge >= 0.3 is 5.97 Å². The molecule has 0 aliphatic carbocycles. The molecule has 0 aromatic carbocycles. The molecule has 12 heavy (non-hydrogen) atoms. The number of carbonyl (C=O) groups excluding carboxylic acids is 1. The van der Waals surface area contributed by atoms with Crippen LogP contribution in [-0.4, -0.2) is 28.8 Å². The Bertz CT molecular complexity index is 205. The minimum Gasteiger partial charge on any atom is -0.461 e. The number of hydrogen-bond donors (Lipinski definition) is 0. The second-order valence-corrected chi connectivity index (χ2v) is 3.23. The Kier molecular flexibility index (Phi) is 3.77. The minimum absolute atomic E-state index is 0.0463. The van der Waals surface area contributed by atoms with E-state index in [1.165, 1.54) is 0 Å². The van der Waals surface area contributed by atoms with Crippen LogP contribution in [0.2, 0.25) is 0 Å². The number of rotatable bonds is 3. The summed E-state index contributed by atoms with van der Waals surface area (Å²) in [4.78, 5) is 16.0. The fraction of sp³-hybridized carbons (Fsp3) is 0.714. The lowest BCUT2D eigenvalue weighted by molar-refractivity contribution is -0.135. The molecular formula is C7H10INO3. The Morgan fingerprint density at radius 2 is 2.67 bits per heavy atom. The Labute approximate surface area is 84.4 Å². The normalized spacial score (nSPS) is 21.5. The summed E-state index contributed by atoms with van der Waals surface area (Å²) in [6.07, 6.45) is 0.618. The molecule has 1 heterocycles. The molecule has 1 unspecified atom stereocenters. The molecule has 0 spiro atoms. The first-order chi connectivity index (χ1) is 5.77. The van der Waals surface area contributed by atoms with Crippen molar-refractivity contribution in [2.45, 2.75) is 19.4 Å². The fourth-order valence-corrected chi connectivity index (χ4v) is 1.32. The highest BCUT2D eigenvalue weighted by atomic mass is 127. The molecule has 1 aliphatic heterocycles. The largest absolute Gasteiger partial charge is 0.461 e. The van der Waals surface area contributed by atoms with Gasteiger partial charge in [0.15, 0.2) is 5.71 Å². The molecule has 4 nitrogen and oxygen atoms in total. The summed E-state index contributed by atoms with van der Waals surface area (Å²) in [7, 11) is 0. The summed E-state index contributed by atoms with van der Waals surface area (Å²) >= 11 is 2.19. The molecule has 68 valence electrons. The van der Waals surface area contributed by atoms with Crippen LogP contribution in [0, 0.1) is 0 Å². The van der Waals surface area contributed by atoms with Gasteiger partial charge in [0, 0.05) is 10.8 Å². The van der Waals surface area contributed by atoms with Crippen molar-refractivity contribution in [1.82, 2.24) is 0 Å². The summed E-state index contributed by atoms with van der Waals surface area (Å²) in [6, 6.07) is 0. The van der Waals surface area contributed by atoms with Crippen LogP contribution in [0.5, 0.6) is 0 Å². The number of alkyl halides is 1. The van der Waals surface area contributed by atoms with Gasteiger partial charge in [-0.1, -0.05) is 27.7 Å². The standard InChI is InChI=1S/C7H10INO3/c1-2-11-7(10)6-3-5(4-8)12-9-6/h5H,2-4H2,1H3. The molecule has 0 aromatic rings. The van der Waals surface area contributed by atoms with Gasteiger partial charge in [0.2, 0.25) is 0 Å². The van der Waals surface area contributed by atoms with Crippen molar-refractivity contribution in [3.63, 3.8) is 0 Å². The third-order valence-electron chi connectivity index (χ3n) is 1.42. The number of oxime groups is 1. The molecular weight excluding hydrogens is 273 g/mol. The van der Waals surface area contributed by atoms with Gasteiger partial charge in [-0.25, -0.2) is 4.79 Å². The van der Waals surface area contributed by atoms with E-state index in [0.717, 1.165) is 4.43 Å². The van der Waals surface area contributed by atoms with E-state index in [1.807, 2.05) is 0 Å². The molecule has 1 rings (SSSR count). The van der Waals surface area contributed by atoms with Crippen LogP contribution < -0.4 is 0 Å². The number of nitrogens with zero attached hydrogens (tertiary/aromatic N) is 1. The van der Waals surface area contributed by atoms with Crippen LogP contribution in [0.3, 0.4) is 0 Å². The zero-order chi connectivity index (χ0) is 8.97. The van der Waals surface area contributed by atoms with Crippen molar-refractivity contribution >= 4 is 34.3 Å². The Morgan fingerprint density at radius 1 is 1.92 bits per heavy atom. The van der Waals surface area contributed by atoms with Crippen LogP contribution in [0.4, 0.5) is 0 Å². The highest BCUT2D eigenvalue weighted by Gasteiger charge is 2.25. The Balaban J connectivity index is 2.40. The quantitative estimate of drug-likeness (QED) is 0.443. The zero-order valence-electron chi connectivity index (χ0n) is 6.75. The molecule has 0 amide bonds. The second-order valence-electron chi connectivity index (χ2n) is 2.34. The van der Waals surface area contributed by atoms with Gasteiger partial charge in [0.1, 0.15) is 6.10 Å². The minimum atomic E-state index is -0.357. The average Bonchev–Trinajstić information content (AvgIpc) is 2.52. The number of ether oxygens (including phenoxy) is 1. The van der Waals surface area contributed by atoms with E-state index in [4.69, 9.17) is 9.57 Å². The molecule has 0 aromatic heterocycles. The monoisotopic (exact) mass is 283 g/mol. The van der Waals surface area contributed by atoms with Gasteiger partial charge < -0.3 is 9.57 Å². The van der Waals surface area contributed by atoms with Crippen LogP contribution in [0.25, 0.3) is 0 Å². The molecule has 5 heteroatoms. The molecule has 0 saturated heterocycles. The third-order valence-corrected chi connectivity index (χ3v) is 2.40. The maximum absolute atomic E-state index is 11.1. The van der Waals surface area contributed by atoms with Crippen molar-refractivity contribution in [1.29, 1.82) is 0 Å². The van der Waals surface area contributed by atoms with Crippen LogP contribution in [0.1, 0.15) is 13.3 Å². The van der Waals surface area contributed by atoms with Gasteiger partial charge in [0.25, 0.3) is 0 Å². The van der Waals surface area contributed by atoms with E-state index in [1.54, 1.807) is 6.92 Å². The van der Waals surface area contributed by atoms with Crippen molar-refractivity contribution in [2.75, 3.05) is 11.0 Å². The molecule has 0 N–H and O–H groups in total. The van der Waals surface area contributed by atoms with E-state index in [2.05, 4.69) is 27.7 Å². The predicted molar refractivity (Wildman–Crippen MR) is 52.4 cm³/mol. The van der Waals surface area contributed by atoms with Gasteiger partial charge in [-0.15, -0.1) is 0 Å². The second kappa shape index (κ2) is 4.64. The summed E-state index contributed by atoms with van der Waals surface area (Å²) in [5.41, 5.74) is 0.401. The maximum atomic E-state index is 11.1. The lowest BCUT2D eigenvalue weighted by Crippen LogP contribution is -2.18. The molecule has 1 atom stereocenters. The molecule has 0 fully saturated rings. The maximum Gasteiger partial charge on any atom is 0.356 e. The Hall–Kier alpha value is -0.330. The SMILES string of the molecule is CCOC(=O)C1=NOC(CI)C1. The zero-order valence-corrected chi connectivity index (χ0v) is 8.91. The summed E-state index contributed by atoms with van der Waals surface area (Å²) in [5, 5.41) is 3.64.